The van der Waals surface area contributed by atoms with Gasteiger partial charge < -0.3 is 9.47 Å². The quantitative estimate of drug-likeness (QED) is 0.0838. The summed E-state index contributed by atoms with van der Waals surface area (Å²) in [5.74, 6) is 1.07. The molecule has 3 aromatic rings. The highest BCUT2D eigenvalue weighted by Crippen LogP contribution is 2.23. The lowest BCUT2D eigenvalue weighted by Gasteiger charge is -2.13. The molecule has 0 aromatic heterocycles. The minimum Gasteiger partial charge on any atom is -0.493 e. The van der Waals surface area contributed by atoms with Crippen molar-refractivity contribution in [1.29, 1.82) is 0 Å². The monoisotopic (exact) mass is 582 g/mol. The van der Waals surface area contributed by atoms with Crippen LogP contribution in [0.2, 0.25) is 0 Å². The molecule has 0 aliphatic rings. The van der Waals surface area contributed by atoms with E-state index in [0.717, 1.165) is 48.0 Å². The molecule has 3 nitrogen and oxygen atoms in total. The summed E-state index contributed by atoms with van der Waals surface area (Å²) in [6, 6.07) is 26.7. The summed E-state index contributed by atoms with van der Waals surface area (Å²) in [5, 5.41) is 0. The lowest BCUT2D eigenvalue weighted by molar-refractivity contribution is 0.0600. The summed E-state index contributed by atoms with van der Waals surface area (Å²) in [7, 11) is 1.41. The average molecular weight is 583 g/mol. The molecule has 1 atom stereocenters. The normalized spacial score (nSPS) is 11.9. The molecule has 3 aromatic carbocycles. The lowest BCUT2D eigenvalue weighted by atomic mass is 9.95. The van der Waals surface area contributed by atoms with Crippen LogP contribution in [0.4, 0.5) is 0 Å². The van der Waals surface area contributed by atoms with Gasteiger partial charge in [-0.3, -0.25) is 0 Å². The highest BCUT2D eigenvalue weighted by Gasteiger charge is 2.09. The SMILES string of the molecule is COC(=O)c1ccc(CC(C=Cc2ccccc2OCCCCCc2ccccc2)CCI)cc1. The van der Waals surface area contributed by atoms with Crippen molar-refractivity contribution in [3.05, 3.63) is 107 Å². The number of alkyl halides is 1. The van der Waals surface area contributed by atoms with E-state index in [4.69, 9.17) is 9.47 Å². The first kappa shape index (κ1) is 27.0. The first-order chi connectivity index (χ1) is 17.2. The van der Waals surface area contributed by atoms with Crippen molar-refractivity contribution >= 4 is 34.6 Å². The van der Waals surface area contributed by atoms with E-state index in [-0.39, 0.29) is 5.97 Å². The Labute approximate surface area is 223 Å². The van der Waals surface area contributed by atoms with Crippen molar-refractivity contribution in [1.82, 2.24) is 0 Å². The van der Waals surface area contributed by atoms with E-state index in [2.05, 4.69) is 83.3 Å². The fourth-order valence-electron chi connectivity index (χ4n) is 4.03. The van der Waals surface area contributed by atoms with Crippen LogP contribution in [0.25, 0.3) is 6.08 Å². The molecule has 0 N–H and O–H groups in total. The Morgan fingerprint density at radius 1 is 0.886 bits per heavy atom. The van der Waals surface area contributed by atoms with Crippen LogP contribution in [0.15, 0.2) is 84.9 Å². The Kier molecular flexibility index (Phi) is 11.9. The van der Waals surface area contributed by atoms with Crippen LogP contribution in [0.1, 0.15) is 52.7 Å². The first-order valence-electron chi connectivity index (χ1n) is 12.4. The number of benzene rings is 3. The minimum absolute atomic E-state index is 0.298. The van der Waals surface area contributed by atoms with Crippen LogP contribution in [-0.2, 0) is 17.6 Å². The van der Waals surface area contributed by atoms with Gasteiger partial charge >= 0.3 is 5.97 Å². The molecule has 0 heterocycles. The Bertz CT molecular complexity index is 1040. The van der Waals surface area contributed by atoms with Gasteiger partial charge in [-0.15, -0.1) is 0 Å². The molecule has 0 saturated carbocycles. The molecule has 0 radical (unpaired) electrons. The summed E-state index contributed by atoms with van der Waals surface area (Å²) < 4.78 is 12.0. The molecule has 0 aliphatic heterocycles. The molecule has 0 amide bonds. The van der Waals surface area contributed by atoms with Crippen molar-refractivity contribution < 1.29 is 14.3 Å². The topological polar surface area (TPSA) is 35.5 Å². The number of esters is 1. The number of hydrogen-bond donors (Lipinski definition) is 0. The zero-order valence-electron chi connectivity index (χ0n) is 20.5. The minimum atomic E-state index is -0.298. The van der Waals surface area contributed by atoms with E-state index in [0.29, 0.717) is 11.5 Å². The Hall–Kier alpha value is -2.60. The number of methoxy groups -OCH3 is 1. The van der Waals surface area contributed by atoms with Gasteiger partial charge in [0.15, 0.2) is 0 Å². The van der Waals surface area contributed by atoms with E-state index in [1.165, 1.54) is 31.1 Å². The number of halogens is 1. The summed E-state index contributed by atoms with van der Waals surface area (Å²) in [6.45, 7) is 0.739. The fraction of sp³-hybridized carbons (Fsp3) is 0.323. The fourth-order valence-corrected chi connectivity index (χ4v) is 4.83. The molecular weight excluding hydrogens is 547 g/mol. The van der Waals surface area contributed by atoms with Crippen LogP contribution in [0, 0.1) is 5.92 Å². The van der Waals surface area contributed by atoms with Gasteiger partial charge in [0.1, 0.15) is 5.75 Å². The number of allylic oxidation sites excluding steroid dienone is 1. The third-order valence-electron chi connectivity index (χ3n) is 6.03. The maximum Gasteiger partial charge on any atom is 0.337 e. The zero-order chi connectivity index (χ0) is 24.7. The predicted molar refractivity (Wildman–Crippen MR) is 153 cm³/mol. The van der Waals surface area contributed by atoms with E-state index in [1.54, 1.807) is 0 Å². The number of carbonyl (C=O) groups is 1. The molecular formula is C31H35IO3. The highest BCUT2D eigenvalue weighted by molar-refractivity contribution is 14.1. The molecule has 35 heavy (non-hydrogen) atoms. The maximum atomic E-state index is 11.7. The predicted octanol–water partition coefficient (Wildman–Crippen LogP) is 7.96. The summed E-state index contributed by atoms with van der Waals surface area (Å²) in [6.07, 6.45) is 11.1. The third-order valence-corrected chi connectivity index (χ3v) is 6.65. The Morgan fingerprint density at radius 2 is 1.63 bits per heavy atom. The molecule has 1 unspecified atom stereocenters. The Balaban J connectivity index is 1.51. The zero-order valence-corrected chi connectivity index (χ0v) is 22.7. The van der Waals surface area contributed by atoms with Gasteiger partial charge in [0.2, 0.25) is 0 Å². The number of ether oxygens (including phenoxy) is 2. The van der Waals surface area contributed by atoms with Crippen molar-refractivity contribution in [3.8, 4) is 5.75 Å². The van der Waals surface area contributed by atoms with E-state index >= 15 is 0 Å². The van der Waals surface area contributed by atoms with E-state index in [1.807, 2.05) is 30.3 Å². The van der Waals surface area contributed by atoms with Gasteiger partial charge in [0.25, 0.3) is 0 Å². The molecule has 0 spiro atoms. The second-order valence-corrected chi connectivity index (χ2v) is 9.75. The first-order valence-corrected chi connectivity index (χ1v) is 13.9. The van der Waals surface area contributed by atoms with Crippen molar-refractivity contribution in [2.24, 2.45) is 5.92 Å². The Morgan fingerprint density at radius 3 is 2.37 bits per heavy atom. The van der Waals surface area contributed by atoms with Crippen LogP contribution < -0.4 is 4.74 Å². The van der Waals surface area contributed by atoms with Gasteiger partial charge in [-0.05, 0) is 73.8 Å². The second kappa shape index (κ2) is 15.4. The van der Waals surface area contributed by atoms with Crippen LogP contribution in [0.5, 0.6) is 5.75 Å². The van der Waals surface area contributed by atoms with E-state index < -0.39 is 0 Å². The molecule has 184 valence electrons. The highest BCUT2D eigenvalue weighted by atomic mass is 127. The lowest BCUT2D eigenvalue weighted by Crippen LogP contribution is -2.04. The standard InChI is InChI=1S/C31H35IO3/c1-34-31(33)29-19-16-26(17-20-29)24-27(21-22-32)15-18-28-13-7-8-14-30(28)35-23-9-3-6-12-25-10-4-2-5-11-25/h2,4-5,7-8,10-11,13-20,27H,3,6,9,12,21-24H2,1H3. The van der Waals surface area contributed by atoms with Crippen molar-refractivity contribution in [2.45, 2.75) is 38.5 Å². The molecule has 0 aliphatic carbocycles. The second-order valence-electron chi connectivity index (χ2n) is 8.67. The van der Waals surface area contributed by atoms with Crippen LogP contribution >= 0.6 is 22.6 Å². The van der Waals surface area contributed by atoms with Gasteiger partial charge in [0.05, 0.1) is 19.3 Å². The summed E-state index contributed by atoms with van der Waals surface area (Å²) in [4.78, 5) is 11.7. The van der Waals surface area contributed by atoms with Gasteiger partial charge in [-0.2, -0.15) is 0 Å². The van der Waals surface area contributed by atoms with Crippen LogP contribution in [0.3, 0.4) is 0 Å². The molecule has 0 fully saturated rings. The number of carbonyl (C=O) groups excluding carboxylic acids is 1. The number of aryl methyl sites for hydroxylation is 1. The maximum absolute atomic E-state index is 11.7. The number of rotatable bonds is 14. The van der Waals surface area contributed by atoms with Gasteiger partial charge in [-0.25, -0.2) is 4.79 Å². The number of para-hydroxylation sites is 1. The van der Waals surface area contributed by atoms with Gasteiger partial charge in [-0.1, -0.05) is 95.4 Å². The smallest absolute Gasteiger partial charge is 0.337 e. The summed E-state index contributed by atoms with van der Waals surface area (Å²) >= 11 is 2.44. The van der Waals surface area contributed by atoms with E-state index in [9.17, 15) is 4.79 Å². The summed E-state index contributed by atoms with van der Waals surface area (Å²) in [5.41, 5.74) is 4.33. The number of hydrogen-bond acceptors (Lipinski definition) is 3. The number of unbranched alkanes of at least 4 members (excludes halogenated alkanes) is 2. The third kappa shape index (κ3) is 9.52. The molecule has 3 rings (SSSR count). The van der Waals surface area contributed by atoms with Crippen LogP contribution in [-0.4, -0.2) is 24.1 Å². The van der Waals surface area contributed by atoms with Crippen molar-refractivity contribution in [3.63, 3.8) is 0 Å². The molecule has 0 saturated heterocycles. The largest absolute Gasteiger partial charge is 0.493 e. The van der Waals surface area contributed by atoms with Gasteiger partial charge in [0, 0.05) is 9.99 Å². The molecule has 4 heteroatoms. The molecule has 0 bridgehead atoms. The van der Waals surface area contributed by atoms with Crippen molar-refractivity contribution in [2.75, 3.05) is 18.1 Å². The average Bonchev–Trinajstić information content (AvgIpc) is 2.90.